The molecule has 0 unspecified atom stereocenters. The summed E-state index contributed by atoms with van der Waals surface area (Å²) in [5.41, 5.74) is 16.6. The summed E-state index contributed by atoms with van der Waals surface area (Å²) in [5, 5.41) is 1.84. The molecule has 2 aliphatic heterocycles. The van der Waals surface area contributed by atoms with Gasteiger partial charge in [0.05, 0.1) is 0 Å². The standard InChI is InChI=1S/C62H48N8O2.2Pt/c1-39-25-41(3)59(42(4)26-39)45-29-47(67-23-21-65(7)37-67)33-51(31-45)71-49-15-17-53-55(35-49)69(57-13-9-11-19-63-57)62-54-18-16-50(36-56(54)70(61(53)62)58-14-10-12-20-64-58)72-52-32-46(60-43(5)27-40(2)28-44(60)6)30-48(34-52)68-24-22-66(8)38-68;;/h9-32H,1-8H3;;/q;2*+2. The molecule has 0 fully saturated rings. The predicted octanol–water partition coefficient (Wildman–Crippen LogP) is 13.4. The van der Waals surface area contributed by atoms with Crippen molar-refractivity contribution in [1.29, 1.82) is 0 Å². The smallest absolute Gasteiger partial charge is 0.509 e. The molecule has 0 bridgehead atoms. The summed E-state index contributed by atoms with van der Waals surface area (Å²) in [7, 11) is 3.91. The second-order valence-electron chi connectivity index (χ2n) is 18.7. The molecular weight excluding hydrogens is 1280 g/mol. The molecule has 6 aromatic carbocycles. The van der Waals surface area contributed by atoms with Crippen LogP contribution in [0.4, 0.5) is 11.4 Å². The van der Waals surface area contributed by atoms with Crippen LogP contribution in [-0.4, -0.2) is 63.5 Å². The zero-order chi connectivity index (χ0) is 49.4. The first kappa shape index (κ1) is 49.7. The largest absolute Gasteiger partial charge is 2.00 e. The van der Waals surface area contributed by atoms with Crippen molar-refractivity contribution in [1.82, 2.24) is 19.1 Å². The Morgan fingerprint density at radius 1 is 0.459 bits per heavy atom. The van der Waals surface area contributed by atoms with E-state index in [-0.39, 0.29) is 42.1 Å². The summed E-state index contributed by atoms with van der Waals surface area (Å²) in [6.07, 6.45) is 11.5. The van der Waals surface area contributed by atoms with Crippen LogP contribution >= 0.6 is 0 Å². The third-order valence-electron chi connectivity index (χ3n) is 13.1. The average Bonchev–Trinajstić information content (AvgIpc) is 4.14. The minimum atomic E-state index is 0. The van der Waals surface area contributed by atoms with Gasteiger partial charge in [0.1, 0.15) is 23.0 Å². The monoisotopic (exact) mass is 1330 g/mol. The summed E-state index contributed by atoms with van der Waals surface area (Å²) in [6, 6.07) is 58.3. The Hall–Kier alpha value is -7.82. The van der Waals surface area contributed by atoms with Crippen LogP contribution in [0, 0.1) is 65.8 Å². The Labute approximate surface area is 458 Å². The molecule has 12 heteroatoms. The van der Waals surface area contributed by atoms with Crippen molar-refractivity contribution >= 4 is 56.2 Å². The van der Waals surface area contributed by atoms with Crippen LogP contribution in [0.1, 0.15) is 33.4 Å². The van der Waals surface area contributed by atoms with Crippen LogP contribution in [0.15, 0.2) is 146 Å². The van der Waals surface area contributed by atoms with Gasteiger partial charge in [-0.3, -0.25) is 0 Å². The number of pyridine rings is 2. The molecule has 0 saturated carbocycles. The first-order valence-corrected chi connectivity index (χ1v) is 23.8. The van der Waals surface area contributed by atoms with Gasteiger partial charge >= 0.3 is 54.1 Å². The number of hydrogen-bond acceptors (Lipinski definition) is 4. The SMILES string of the molecule is Cc1cc(C)c(-c2cc(Oc3[c-]c4c(cc3)c3c(c5ccc(Oc6[c-]c([N+]7=C=[N+](C)C=C7)cc(-c7c(C)cc(C)cc7C)c6)[c-]c5n3-c3ccccn3)n4-c3ccccn3)[c-]c([N+]3=C=[N+](C)C=C3)c2)c(C)c1.[Pt+2].[Pt+2]. The van der Waals surface area contributed by atoms with E-state index in [1.807, 2.05) is 118 Å². The quantitative estimate of drug-likeness (QED) is 0.101. The molecule has 0 radical (unpaired) electrons. The Morgan fingerprint density at radius 3 is 1.22 bits per heavy atom. The van der Waals surface area contributed by atoms with Gasteiger partial charge in [-0.2, -0.15) is 12.1 Å². The van der Waals surface area contributed by atoms with Gasteiger partial charge in [-0.1, -0.05) is 112 Å². The molecule has 74 heavy (non-hydrogen) atoms. The van der Waals surface area contributed by atoms with Gasteiger partial charge in [-0.25, -0.2) is 9.97 Å². The number of nitrogens with zero attached hydrogens (tertiary/aromatic N) is 8. The Bertz CT molecular complexity index is 3840. The summed E-state index contributed by atoms with van der Waals surface area (Å²) < 4.78 is 25.6. The molecule has 2 aliphatic rings. The number of hydrogen-bond donors (Lipinski definition) is 0. The molecular formula is C62H48N8O2Pt2+4. The second-order valence-corrected chi connectivity index (χ2v) is 18.7. The van der Waals surface area contributed by atoms with Crippen molar-refractivity contribution in [2.24, 2.45) is 0 Å². The van der Waals surface area contributed by atoms with Gasteiger partial charge in [-0.15, -0.1) is 47.5 Å². The zero-order valence-electron chi connectivity index (χ0n) is 41.9. The average molecular weight is 1330 g/mol. The maximum Gasteiger partial charge on any atom is 2.00 e. The molecule has 0 saturated heterocycles. The van der Waals surface area contributed by atoms with Crippen molar-refractivity contribution < 1.29 is 69.9 Å². The van der Waals surface area contributed by atoms with Crippen LogP contribution in [0.25, 0.3) is 66.7 Å². The predicted molar refractivity (Wildman–Crippen MR) is 281 cm³/mol. The molecule has 0 atom stereocenters. The van der Waals surface area contributed by atoms with E-state index in [4.69, 9.17) is 19.4 Å². The molecule has 10 nitrogen and oxygen atoms in total. The zero-order valence-corrected chi connectivity index (χ0v) is 46.4. The number of benzene rings is 6. The number of rotatable bonds is 10. The van der Waals surface area contributed by atoms with Crippen LogP contribution < -0.4 is 9.47 Å². The van der Waals surface area contributed by atoms with Gasteiger partial charge in [0.2, 0.25) is 12.4 Å². The molecule has 364 valence electrons. The minimum Gasteiger partial charge on any atom is -0.509 e. The van der Waals surface area contributed by atoms with Crippen molar-refractivity contribution in [2.45, 2.75) is 41.5 Å². The van der Waals surface area contributed by atoms with E-state index in [0.29, 0.717) is 23.0 Å². The van der Waals surface area contributed by atoms with E-state index in [9.17, 15) is 0 Å². The van der Waals surface area contributed by atoms with E-state index >= 15 is 0 Å². The van der Waals surface area contributed by atoms with Gasteiger partial charge in [-0.05, 0) is 99.2 Å². The molecule has 12 rings (SSSR count). The van der Waals surface area contributed by atoms with Crippen molar-refractivity contribution in [2.75, 3.05) is 14.1 Å². The normalized spacial score (nSPS) is 12.7. The van der Waals surface area contributed by atoms with Crippen LogP contribution in [0.5, 0.6) is 23.0 Å². The summed E-state index contributed by atoms with van der Waals surface area (Å²) in [6.45, 7) is 12.9. The molecule has 10 aromatic rings. The van der Waals surface area contributed by atoms with Crippen LogP contribution in [0.3, 0.4) is 0 Å². The topological polar surface area (TPSA) is 66.1 Å². The third kappa shape index (κ3) is 9.06. The maximum atomic E-state index is 6.82. The molecule has 0 N–H and O–H groups in total. The maximum absolute atomic E-state index is 6.82. The van der Waals surface area contributed by atoms with Crippen molar-refractivity contribution in [3.8, 4) is 56.9 Å². The van der Waals surface area contributed by atoms with E-state index in [1.165, 1.54) is 33.4 Å². The first-order valence-electron chi connectivity index (χ1n) is 23.8. The minimum absolute atomic E-state index is 0. The fraction of sp³-hybridized carbons (Fsp3) is 0.129. The molecule has 4 aromatic heterocycles. The Kier molecular flexibility index (Phi) is 13.4. The first-order chi connectivity index (χ1) is 34.9. The molecule has 0 aliphatic carbocycles. The van der Waals surface area contributed by atoms with Gasteiger partial charge in [0.15, 0.2) is 14.1 Å². The number of ether oxygens (including phenoxy) is 2. The second kappa shape index (κ2) is 19.9. The molecule has 0 amide bonds. The Morgan fingerprint density at radius 2 is 0.865 bits per heavy atom. The Balaban J connectivity index is 0.00000313. The van der Waals surface area contributed by atoms with Gasteiger partial charge in [0.25, 0.3) is 12.4 Å². The molecule has 0 spiro atoms. The fourth-order valence-corrected chi connectivity index (χ4v) is 10.4. The van der Waals surface area contributed by atoms with E-state index < -0.39 is 0 Å². The van der Waals surface area contributed by atoms with E-state index in [0.717, 1.165) is 78.1 Å². The fourth-order valence-electron chi connectivity index (χ4n) is 10.4. The summed E-state index contributed by atoms with van der Waals surface area (Å²) in [5.74, 6) is 3.59. The van der Waals surface area contributed by atoms with Gasteiger partial charge in [0, 0.05) is 46.4 Å². The third-order valence-corrected chi connectivity index (χ3v) is 13.1. The number of fused-ring (bicyclic) bond motifs is 5. The van der Waals surface area contributed by atoms with Gasteiger partial charge < -0.3 is 18.6 Å². The van der Waals surface area contributed by atoms with Crippen molar-refractivity contribution in [3.05, 3.63) is 204 Å². The van der Waals surface area contributed by atoms with Crippen LogP contribution in [-0.2, 0) is 42.1 Å². The molecule has 6 heterocycles. The number of aromatic nitrogens is 4. The summed E-state index contributed by atoms with van der Waals surface area (Å²) >= 11 is 0. The van der Waals surface area contributed by atoms with Crippen LogP contribution in [0.2, 0.25) is 0 Å². The summed E-state index contributed by atoms with van der Waals surface area (Å²) in [4.78, 5) is 9.83. The van der Waals surface area contributed by atoms with Crippen molar-refractivity contribution in [3.63, 3.8) is 0 Å². The van der Waals surface area contributed by atoms with E-state index in [1.54, 1.807) is 0 Å². The number of aryl methyl sites for hydroxylation is 6. The van der Waals surface area contributed by atoms with E-state index in [2.05, 4.69) is 148 Å².